The molecule has 110 valence electrons. The first kappa shape index (κ1) is 17.4. The largest absolute Gasteiger partial charge is 1.00 e. The van der Waals surface area contributed by atoms with Gasteiger partial charge in [0, 0.05) is 0 Å². The molecule has 1 aromatic heterocycles. The van der Waals surface area contributed by atoms with Gasteiger partial charge in [-0.3, -0.25) is 0 Å². The number of aromatic nitrogens is 3. The van der Waals surface area contributed by atoms with E-state index >= 15 is 0 Å². The van der Waals surface area contributed by atoms with Crippen LogP contribution in [0.5, 0.6) is 0 Å². The molecule has 6 heteroatoms. The molecule has 2 aliphatic rings. The van der Waals surface area contributed by atoms with Gasteiger partial charge in [-0.2, -0.15) is 0 Å². The Balaban J connectivity index is 0.000000882. The summed E-state index contributed by atoms with van der Waals surface area (Å²) in [7, 11) is 0. The molecule has 0 spiro atoms. The molecule has 4 rings (SSSR count). The van der Waals surface area contributed by atoms with Crippen LogP contribution in [0.15, 0.2) is 61.7 Å². The van der Waals surface area contributed by atoms with Crippen molar-refractivity contribution in [2.24, 2.45) is 0 Å². The topological polar surface area (TPSA) is 30.7 Å². The Bertz CT molecular complexity index is 736. The number of benzene rings is 1. The number of allylic oxidation sites excluding steroid dienone is 5. The summed E-state index contributed by atoms with van der Waals surface area (Å²) in [5, 5.41) is 7.97. The maximum Gasteiger partial charge on any atom is -1.00 e. The van der Waals surface area contributed by atoms with Crippen LogP contribution in [0, 0.1) is 0 Å². The SMILES string of the molecule is C1=CC[C]([Zr+2][C]2=Cc3ccccc3C2n2cnnc2)=C1.[Cl-].[Cl-]. The quantitative estimate of drug-likeness (QED) is 0.547. The van der Waals surface area contributed by atoms with Gasteiger partial charge in [0.25, 0.3) is 0 Å². The Hall–Kier alpha value is -0.957. The third kappa shape index (κ3) is 3.20. The van der Waals surface area contributed by atoms with Crippen molar-refractivity contribution >= 4 is 6.08 Å². The fourth-order valence-corrected chi connectivity index (χ4v) is 6.34. The first-order valence-electron chi connectivity index (χ1n) is 6.69. The zero-order valence-electron chi connectivity index (χ0n) is 11.7. The Kier molecular flexibility index (Phi) is 5.96. The summed E-state index contributed by atoms with van der Waals surface area (Å²) in [6, 6.07) is 8.98. The van der Waals surface area contributed by atoms with Crippen molar-refractivity contribution in [2.75, 3.05) is 0 Å². The minimum Gasteiger partial charge on any atom is -1.00 e. The van der Waals surface area contributed by atoms with Crippen molar-refractivity contribution in [3.63, 3.8) is 0 Å². The van der Waals surface area contributed by atoms with Crippen LogP contribution in [0.4, 0.5) is 0 Å². The molecule has 1 heterocycles. The predicted molar refractivity (Wildman–Crippen MR) is 74.4 cm³/mol. The summed E-state index contributed by atoms with van der Waals surface area (Å²) in [6.07, 6.45) is 14.0. The summed E-state index contributed by atoms with van der Waals surface area (Å²) in [5.41, 5.74) is 2.74. The summed E-state index contributed by atoms with van der Waals surface area (Å²) in [5.74, 6) is 0. The second kappa shape index (κ2) is 7.54. The van der Waals surface area contributed by atoms with E-state index in [0.29, 0.717) is 6.04 Å². The fourth-order valence-electron chi connectivity index (χ4n) is 2.80. The van der Waals surface area contributed by atoms with Gasteiger partial charge in [0.1, 0.15) is 0 Å². The summed E-state index contributed by atoms with van der Waals surface area (Å²) in [4.78, 5) is 0. The molecule has 0 amide bonds. The summed E-state index contributed by atoms with van der Waals surface area (Å²) in [6.45, 7) is 0. The van der Waals surface area contributed by atoms with Gasteiger partial charge in [-0.15, -0.1) is 0 Å². The second-order valence-electron chi connectivity index (χ2n) is 4.99. The fraction of sp³-hybridized carbons (Fsp3) is 0.125. The van der Waals surface area contributed by atoms with E-state index in [1.807, 2.05) is 12.7 Å². The Morgan fingerprint density at radius 2 is 1.86 bits per heavy atom. The van der Waals surface area contributed by atoms with Crippen LogP contribution in [0.3, 0.4) is 0 Å². The molecule has 3 nitrogen and oxygen atoms in total. The number of hydrogen-bond donors (Lipinski definition) is 0. The molecule has 22 heavy (non-hydrogen) atoms. The smallest absolute Gasteiger partial charge is 1.00 e. The molecular formula is C16H13Cl2N3Zr. The molecular weight excluding hydrogens is 396 g/mol. The van der Waals surface area contributed by atoms with Crippen molar-refractivity contribution in [3.8, 4) is 0 Å². The van der Waals surface area contributed by atoms with E-state index in [2.05, 4.69) is 63.3 Å². The average molecular weight is 409 g/mol. The molecule has 0 aliphatic heterocycles. The normalized spacial score (nSPS) is 17.7. The van der Waals surface area contributed by atoms with Crippen molar-refractivity contribution < 1.29 is 48.0 Å². The van der Waals surface area contributed by atoms with Crippen LogP contribution in [-0.2, 0) is 23.2 Å². The molecule has 2 aromatic rings. The Morgan fingerprint density at radius 3 is 2.59 bits per heavy atom. The van der Waals surface area contributed by atoms with Gasteiger partial charge in [-0.05, 0) is 0 Å². The Morgan fingerprint density at radius 1 is 1.09 bits per heavy atom. The van der Waals surface area contributed by atoms with Crippen LogP contribution >= 0.6 is 0 Å². The Labute approximate surface area is 153 Å². The number of halogens is 2. The number of rotatable bonds is 3. The van der Waals surface area contributed by atoms with Crippen LogP contribution in [0.25, 0.3) is 6.08 Å². The molecule has 1 unspecified atom stereocenters. The van der Waals surface area contributed by atoms with E-state index in [1.54, 1.807) is 6.56 Å². The summed E-state index contributed by atoms with van der Waals surface area (Å²) < 4.78 is 5.37. The van der Waals surface area contributed by atoms with Gasteiger partial charge in [0.15, 0.2) is 0 Å². The zero-order valence-corrected chi connectivity index (χ0v) is 15.6. The summed E-state index contributed by atoms with van der Waals surface area (Å²) >= 11 is -0.701. The molecule has 0 N–H and O–H groups in total. The van der Waals surface area contributed by atoms with Gasteiger partial charge in [-0.25, -0.2) is 0 Å². The maximum absolute atomic E-state index is 3.98. The van der Waals surface area contributed by atoms with Crippen LogP contribution in [0.2, 0.25) is 0 Å². The van der Waals surface area contributed by atoms with E-state index in [1.165, 1.54) is 11.1 Å². The maximum atomic E-state index is 3.98. The third-order valence-corrected chi connectivity index (χ3v) is 7.14. The molecule has 1 aromatic carbocycles. The minimum atomic E-state index is -0.701. The zero-order chi connectivity index (χ0) is 13.4. The molecule has 0 fully saturated rings. The average Bonchev–Trinajstić information content (AvgIpc) is 3.18. The standard InChI is InChI=1S/C11H8N3.C5H5.2ClH.Zr/c1-2-4-10-9(3-1)5-6-11(10)14-7-12-13-8-14;1-2-4-5-3-1;;;/h1-5,7-8,11H;1-3H,4H2;2*1H;/q;;;;+2/p-2. The number of fused-ring (bicyclic) bond motifs is 1. The van der Waals surface area contributed by atoms with Crippen LogP contribution in [0.1, 0.15) is 23.6 Å². The molecule has 2 aliphatic carbocycles. The van der Waals surface area contributed by atoms with Gasteiger partial charge in [-0.1, -0.05) is 0 Å². The molecule has 0 saturated carbocycles. The van der Waals surface area contributed by atoms with E-state index < -0.39 is 23.2 Å². The molecule has 0 saturated heterocycles. The molecule has 0 bridgehead atoms. The van der Waals surface area contributed by atoms with Gasteiger partial charge in [0.2, 0.25) is 0 Å². The molecule has 1 atom stereocenters. The van der Waals surface area contributed by atoms with Crippen LogP contribution < -0.4 is 24.8 Å². The third-order valence-electron chi connectivity index (χ3n) is 3.71. The van der Waals surface area contributed by atoms with Gasteiger partial charge >= 0.3 is 129 Å². The predicted octanol–water partition coefficient (Wildman–Crippen LogP) is -2.84. The van der Waals surface area contributed by atoms with Gasteiger partial charge in [0.05, 0.1) is 0 Å². The van der Waals surface area contributed by atoms with E-state index in [9.17, 15) is 0 Å². The van der Waals surface area contributed by atoms with Crippen molar-refractivity contribution in [2.45, 2.75) is 12.5 Å². The van der Waals surface area contributed by atoms with E-state index in [0.717, 1.165) is 6.42 Å². The van der Waals surface area contributed by atoms with Crippen molar-refractivity contribution in [1.29, 1.82) is 0 Å². The van der Waals surface area contributed by atoms with Crippen LogP contribution in [-0.4, -0.2) is 14.8 Å². The number of nitrogens with zero attached hydrogens (tertiary/aromatic N) is 3. The molecule has 0 radical (unpaired) electrons. The number of hydrogen-bond acceptors (Lipinski definition) is 2. The van der Waals surface area contributed by atoms with E-state index in [-0.39, 0.29) is 24.8 Å². The first-order valence-corrected chi connectivity index (χ1v) is 9.15. The van der Waals surface area contributed by atoms with Crippen molar-refractivity contribution in [1.82, 2.24) is 14.8 Å². The first-order chi connectivity index (χ1) is 9.92. The minimum absolute atomic E-state index is 0. The van der Waals surface area contributed by atoms with E-state index in [4.69, 9.17) is 0 Å². The van der Waals surface area contributed by atoms with Crippen molar-refractivity contribution in [3.05, 3.63) is 72.8 Å². The van der Waals surface area contributed by atoms with Gasteiger partial charge < -0.3 is 24.8 Å². The second-order valence-corrected chi connectivity index (χ2v) is 8.60. The monoisotopic (exact) mass is 407 g/mol.